The fourth-order valence-corrected chi connectivity index (χ4v) is 2.19. The van der Waals surface area contributed by atoms with Gasteiger partial charge < -0.3 is 5.32 Å². The molecule has 19 heavy (non-hydrogen) atoms. The van der Waals surface area contributed by atoms with E-state index in [9.17, 15) is 4.39 Å². The van der Waals surface area contributed by atoms with E-state index < -0.39 is 0 Å². The first-order valence-electron chi connectivity index (χ1n) is 6.68. The van der Waals surface area contributed by atoms with E-state index in [-0.39, 0.29) is 11.9 Å². The number of hydrogen-bond donors (Lipinski definition) is 1. The summed E-state index contributed by atoms with van der Waals surface area (Å²) in [5, 5.41) is 3.40. The van der Waals surface area contributed by atoms with Crippen molar-refractivity contribution in [3.05, 3.63) is 65.7 Å². The zero-order valence-corrected chi connectivity index (χ0v) is 11.1. The van der Waals surface area contributed by atoms with Crippen LogP contribution in [0, 0.1) is 5.82 Å². The Labute approximate surface area is 113 Å². The summed E-state index contributed by atoms with van der Waals surface area (Å²) >= 11 is 0. The van der Waals surface area contributed by atoms with Gasteiger partial charge in [0, 0.05) is 17.9 Å². The monoisotopic (exact) mass is 258 g/mol. The molecule has 0 bridgehead atoms. The van der Waals surface area contributed by atoms with Crippen molar-refractivity contribution in [3.63, 3.8) is 0 Å². The van der Waals surface area contributed by atoms with Crippen molar-refractivity contribution < 1.29 is 4.39 Å². The molecule has 1 aromatic carbocycles. The standard InChI is InChI=1S/C16H19FN2/c1-2-18-16(13-6-5-7-14(17)12-13)10-9-15-8-3-4-11-19-15/h3-8,11-12,16,18H,2,9-10H2,1H3. The quantitative estimate of drug-likeness (QED) is 0.857. The summed E-state index contributed by atoms with van der Waals surface area (Å²) in [7, 11) is 0. The van der Waals surface area contributed by atoms with Crippen molar-refractivity contribution in [2.75, 3.05) is 6.54 Å². The topological polar surface area (TPSA) is 24.9 Å². The lowest BCUT2D eigenvalue weighted by atomic mass is 10.0. The van der Waals surface area contributed by atoms with E-state index in [1.165, 1.54) is 6.07 Å². The molecule has 0 aliphatic rings. The average Bonchev–Trinajstić information content (AvgIpc) is 2.44. The Morgan fingerprint density at radius 1 is 1.21 bits per heavy atom. The Bertz CT molecular complexity index is 499. The predicted molar refractivity (Wildman–Crippen MR) is 75.4 cm³/mol. The maximum atomic E-state index is 13.3. The van der Waals surface area contributed by atoms with Crippen LogP contribution in [-0.2, 0) is 6.42 Å². The molecule has 1 heterocycles. The number of aryl methyl sites for hydroxylation is 1. The normalized spacial score (nSPS) is 12.3. The minimum Gasteiger partial charge on any atom is -0.310 e. The first-order valence-corrected chi connectivity index (χ1v) is 6.68. The number of aromatic nitrogens is 1. The smallest absolute Gasteiger partial charge is 0.123 e. The van der Waals surface area contributed by atoms with Gasteiger partial charge in [-0.2, -0.15) is 0 Å². The Kier molecular flexibility index (Phi) is 5.04. The number of halogens is 1. The second kappa shape index (κ2) is 7.00. The molecule has 0 saturated carbocycles. The van der Waals surface area contributed by atoms with E-state index in [1.807, 2.05) is 24.3 Å². The van der Waals surface area contributed by atoms with Gasteiger partial charge in [0.2, 0.25) is 0 Å². The van der Waals surface area contributed by atoms with Crippen molar-refractivity contribution in [2.45, 2.75) is 25.8 Å². The second-order valence-corrected chi connectivity index (χ2v) is 4.53. The Morgan fingerprint density at radius 2 is 2.11 bits per heavy atom. The van der Waals surface area contributed by atoms with Crippen molar-refractivity contribution in [1.82, 2.24) is 10.3 Å². The summed E-state index contributed by atoms with van der Waals surface area (Å²) in [6.07, 6.45) is 3.60. The molecule has 0 fully saturated rings. The largest absolute Gasteiger partial charge is 0.310 e. The molecule has 100 valence electrons. The minimum absolute atomic E-state index is 0.169. The van der Waals surface area contributed by atoms with Crippen LogP contribution >= 0.6 is 0 Å². The molecule has 0 aliphatic heterocycles. The summed E-state index contributed by atoms with van der Waals surface area (Å²) < 4.78 is 13.3. The Balaban J connectivity index is 2.04. The van der Waals surface area contributed by atoms with Gasteiger partial charge >= 0.3 is 0 Å². The zero-order chi connectivity index (χ0) is 13.5. The van der Waals surface area contributed by atoms with Crippen LogP contribution < -0.4 is 5.32 Å². The van der Waals surface area contributed by atoms with Crippen molar-refractivity contribution in [1.29, 1.82) is 0 Å². The molecule has 3 heteroatoms. The first kappa shape index (κ1) is 13.7. The number of nitrogens with zero attached hydrogens (tertiary/aromatic N) is 1. The van der Waals surface area contributed by atoms with E-state index in [0.717, 1.165) is 30.6 Å². The number of benzene rings is 1. The molecule has 0 saturated heterocycles. The molecule has 0 amide bonds. The fourth-order valence-electron chi connectivity index (χ4n) is 2.19. The number of pyridine rings is 1. The zero-order valence-electron chi connectivity index (χ0n) is 11.1. The van der Waals surface area contributed by atoms with Gasteiger partial charge in [-0.3, -0.25) is 4.98 Å². The van der Waals surface area contributed by atoms with Gasteiger partial charge in [0.1, 0.15) is 5.82 Å². The molecule has 1 atom stereocenters. The molecule has 0 radical (unpaired) electrons. The molecule has 0 spiro atoms. The molecule has 2 nitrogen and oxygen atoms in total. The molecule has 0 aliphatic carbocycles. The van der Waals surface area contributed by atoms with Crippen LogP contribution in [0.3, 0.4) is 0 Å². The van der Waals surface area contributed by atoms with Gasteiger partial charge in [-0.25, -0.2) is 4.39 Å². The number of hydrogen-bond acceptors (Lipinski definition) is 2. The lowest BCUT2D eigenvalue weighted by Gasteiger charge is -2.18. The maximum Gasteiger partial charge on any atom is 0.123 e. The van der Waals surface area contributed by atoms with Gasteiger partial charge in [-0.15, -0.1) is 0 Å². The third kappa shape index (κ3) is 4.14. The number of nitrogens with one attached hydrogen (secondary N) is 1. The molecular weight excluding hydrogens is 239 g/mol. The van der Waals surface area contributed by atoms with Gasteiger partial charge in [-0.05, 0) is 49.2 Å². The van der Waals surface area contributed by atoms with Crippen LogP contribution in [0.4, 0.5) is 4.39 Å². The van der Waals surface area contributed by atoms with Gasteiger partial charge in [0.15, 0.2) is 0 Å². The second-order valence-electron chi connectivity index (χ2n) is 4.53. The van der Waals surface area contributed by atoms with Gasteiger partial charge in [-0.1, -0.05) is 25.1 Å². The van der Waals surface area contributed by atoms with E-state index in [2.05, 4.69) is 17.2 Å². The van der Waals surface area contributed by atoms with Crippen LogP contribution in [0.2, 0.25) is 0 Å². The van der Waals surface area contributed by atoms with Crippen molar-refractivity contribution in [3.8, 4) is 0 Å². The third-order valence-corrected chi connectivity index (χ3v) is 3.12. The molecule has 2 aromatic rings. The van der Waals surface area contributed by atoms with Gasteiger partial charge in [0.25, 0.3) is 0 Å². The van der Waals surface area contributed by atoms with E-state index in [4.69, 9.17) is 0 Å². The lowest BCUT2D eigenvalue weighted by Crippen LogP contribution is -2.21. The first-order chi connectivity index (χ1) is 9.29. The lowest BCUT2D eigenvalue weighted by molar-refractivity contribution is 0.508. The average molecular weight is 258 g/mol. The predicted octanol–water partition coefficient (Wildman–Crippen LogP) is 3.50. The Hall–Kier alpha value is -1.74. The highest BCUT2D eigenvalue weighted by molar-refractivity contribution is 5.20. The van der Waals surface area contributed by atoms with Gasteiger partial charge in [0.05, 0.1) is 0 Å². The molecule has 1 N–H and O–H groups in total. The van der Waals surface area contributed by atoms with Crippen LogP contribution in [0.1, 0.15) is 30.6 Å². The minimum atomic E-state index is -0.182. The van der Waals surface area contributed by atoms with Crippen LogP contribution in [0.15, 0.2) is 48.7 Å². The third-order valence-electron chi connectivity index (χ3n) is 3.12. The fraction of sp³-hybridized carbons (Fsp3) is 0.312. The highest BCUT2D eigenvalue weighted by atomic mass is 19.1. The summed E-state index contributed by atoms with van der Waals surface area (Å²) in [5.41, 5.74) is 2.07. The van der Waals surface area contributed by atoms with Crippen LogP contribution in [0.25, 0.3) is 0 Å². The summed E-state index contributed by atoms with van der Waals surface area (Å²) in [4.78, 5) is 4.32. The maximum absolute atomic E-state index is 13.3. The SMILES string of the molecule is CCNC(CCc1ccccn1)c1cccc(F)c1. The molecule has 1 unspecified atom stereocenters. The van der Waals surface area contributed by atoms with E-state index >= 15 is 0 Å². The summed E-state index contributed by atoms with van der Waals surface area (Å²) in [5.74, 6) is -0.182. The van der Waals surface area contributed by atoms with Crippen LogP contribution in [-0.4, -0.2) is 11.5 Å². The Morgan fingerprint density at radius 3 is 2.79 bits per heavy atom. The highest BCUT2D eigenvalue weighted by Gasteiger charge is 2.11. The molecular formula is C16H19FN2. The van der Waals surface area contributed by atoms with E-state index in [1.54, 1.807) is 18.3 Å². The molecule has 1 aromatic heterocycles. The molecule has 2 rings (SSSR count). The summed E-state index contributed by atoms with van der Waals surface area (Å²) in [6, 6.07) is 12.9. The van der Waals surface area contributed by atoms with Crippen molar-refractivity contribution >= 4 is 0 Å². The van der Waals surface area contributed by atoms with E-state index in [0.29, 0.717) is 0 Å². The van der Waals surface area contributed by atoms with Crippen LogP contribution in [0.5, 0.6) is 0 Å². The number of rotatable bonds is 6. The van der Waals surface area contributed by atoms with Crippen molar-refractivity contribution in [2.24, 2.45) is 0 Å². The summed E-state index contributed by atoms with van der Waals surface area (Å²) in [6.45, 7) is 2.93. The highest BCUT2D eigenvalue weighted by Crippen LogP contribution is 2.19.